The highest BCUT2D eigenvalue weighted by atomic mass is 16.5. The van der Waals surface area contributed by atoms with Gasteiger partial charge in [-0.3, -0.25) is 0 Å². The maximum atomic E-state index is 5.52. The van der Waals surface area contributed by atoms with Crippen LogP contribution >= 0.6 is 0 Å². The van der Waals surface area contributed by atoms with E-state index in [1.54, 1.807) is 0 Å². The topological polar surface area (TPSA) is 76.1 Å². The van der Waals surface area contributed by atoms with Gasteiger partial charge in [0.05, 0.1) is 6.54 Å². The summed E-state index contributed by atoms with van der Waals surface area (Å²) in [6.07, 6.45) is 2.01. The van der Waals surface area contributed by atoms with Crippen molar-refractivity contribution in [2.75, 3.05) is 32.1 Å². The minimum absolute atomic E-state index is 0.413. The molecule has 4 rings (SSSR count). The molecule has 1 fully saturated rings. The second-order valence-electron chi connectivity index (χ2n) is 7.48. The summed E-state index contributed by atoms with van der Waals surface area (Å²) in [4.78, 5) is 8.88. The fourth-order valence-electron chi connectivity index (χ4n) is 3.77. The van der Waals surface area contributed by atoms with Crippen molar-refractivity contribution in [3.8, 4) is 11.4 Å². The zero-order valence-corrected chi connectivity index (χ0v) is 16.7. The van der Waals surface area contributed by atoms with Crippen LogP contribution in [0.4, 0.5) is 6.01 Å². The molecular formula is C20H27N7O. The SMILES string of the molecule is CCn1c(CN(C)C)nnc1C1CCN(c2nc(-c3ccccc3)no2)CC1. The molecule has 28 heavy (non-hydrogen) atoms. The van der Waals surface area contributed by atoms with E-state index in [0.29, 0.717) is 17.8 Å². The average Bonchev–Trinajstić information content (AvgIpc) is 3.36. The Balaban J connectivity index is 1.43. The predicted molar refractivity (Wildman–Crippen MR) is 107 cm³/mol. The molecule has 0 radical (unpaired) electrons. The van der Waals surface area contributed by atoms with Crippen molar-refractivity contribution in [1.82, 2.24) is 29.8 Å². The Hall–Kier alpha value is -2.74. The van der Waals surface area contributed by atoms with Crippen LogP contribution < -0.4 is 4.90 Å². The molecule has 1 saturated heterocycles. The van der Waals surface area contributed by atoms with Crippen LogP contribution in [0, 0.1) is 0 Å². The molecule has 0 atom stereocenters. The molecule has 0 bridgehead atoms. The minimum atomic E-state index is 0.413. The Morgan fingerprint density at radius 1 is 1.11 bits per heavy atom. The van der Waals surface area contributed by atoms with E-state index in [9.17, 15) is 0 Å². The summed E-state index contributed by atoms with van der Waals surface area (Å²) in [5, 5.41) is 13.1. The first kappa shape index (κ1) is 18.6. The fraction of sp³-hybridized carbons (Fsp3) is 0.500. The van der Waals surface area contributed by atoms with Crippen LogP contribution in [0.15, 0.2) is 34.9 Å². The van der Waals surface area contributed by atoms with E-state index < -0.39 is 0 Å². The van der Waals surface area contributed by atoms with Crippen LogP contribution in [-0.2, 0) is 13.1 Å². The van der Waals surface area contributed by atoms with Crippen LogP contribution in [-0.4, -0.2) is 57.0 Å². The molecule has 1 aliphatic rings. The van der Waals surface area contributed by atoms with Gasteiger partial charge in [0.15, 0.2) is 0 Å². The zero-order chi connectivity index (χ0) is 19.5. The highest BCUT2D eigenvalue weighted by Crippen LogP contribution is 2.30. The van der Waals surface area contributed by atoms with E-state index in [0.717, 1.165) is 56.2 Å². The summed E-state index contributed by atoms with van der Waals surface area (Å²) < 4.78 is 7.78. The number of hydrogen-bond acceptors (Lipinski definition) is 7. The van der Waals surface area contributed by atoms with Gasteiger partial charge >= 0.3 is 6.01 Å². The van der Waals surface area contributed by atoms with E-state index in [1.807, 2.05) is 30.3 Å². The van der Waals surface area contributed by atoms with Gasteiger partial charge in [-0.05, 0) is 33.9 Å². The molecule has 0 saturated carbocycles. The molecule has 0 amide bonds. The van der Waals surface area contributed by atoms with E-state index in [4.69, 9.17) is 4.52 Å². The molecular weight excluding hydrogens is 354 g/mol. The lowest BCUT2D eigenvalue weighted by atomic mass is 9.96. The molecule has 0 unspecified atom stereocenters. The number of aromatic nitrogens is 5. The number of piperidine rings is 1. The Morgan fingerprint density at radius 3 is 2.54 bits per heavy atom. The molecule has 3 aromatic rings. The van der Waals surface area contributed by atoms with Gasteiger partial charge in [-0.1, -0.05) is 35.5 Å². The lowest BCUT2D eigenvalue weighted by molar-refractivity contribution is 0.374. The van der Waals surface area contributed by atoms with E-state index in [1.165, 1.54) is 0 Å². The summed E-state index contributed by atoms with van der Waals surface area (Å²) in [7, 11) is 4.11. The summed E-state index contributed by atoms with van der Waals surface area (Å²) >= 11 is 0. The first-order valence-corrected chi connectivity index (χ1v) is 9.86. The van der Waals surface area contributed by atoms with Gasteiger partial charge in [-0.25, -0.2) is 0 Å². The maximum Gasteiger partial charge on any atom is 0.324 e. The fourth-order valence-corrected chi connectivity index (χ4v) is 3.77. The van der Waals surface area contributed by atoms with Gasteiger partial charge in [0.2, 0.25) is 5.82 Å². The lowest BCUT2D eigenvalue weighted by Gasteiger charge is -2.30. The molecule has 0 spiro atoms. The molecule has 8 nitrogen and oxygen atoms in total. The molecule has 2 aromatic heterocycles. The second kappa shape index (κ2) is 8.10. The van der Waals surface area contributed by atoms with Gasteiger partial charge in [0.25, 0.3) is 0 Å². The lowest BCUT2D eigenvalue weighted by Crippen LogP contribution is -2.34. The monoisotopic (exact) mass is 381 g/mol. The highest BCUT2D eigenvalue weighted by molar-refractivity contribution is 5.55. The van der Waals surface area contributed by atoms with Gasteiger partial charge in [-0.15, -0.1) is 10.2 Å². The van der Waals surface area contributed by atoms with Gasteiger partial charge in [0, 0.05) is 31.1 Å². The summed E-state index contributed by atoms with van der Waals surface area (Å²) in [5.74, 6) is 3.19. The van der Waals surface area contributed by atoms with Gasteiger partial charge in [-0.2, -0.15) is 4.98 Å². The third-order valence-corrected chi connectivity index (χ3v) is 5.21. The average molecular weight is 381 g/mol. The summed E-state index contributed by atoms with van der Waals surface area (Å²) in [5.41, 5.74) is 0.969. The van der Waals surface area contributed by atoms with Crippen molar-refractivity contribution < 1.29 is 4.52 Å². The first-order chi connectivity index (χ1) is 13.7. The van der Waals surface area contributed by atoms with Crippen molar-refractivity contribution in [3.63, 3.8) is 0 Å². The predicted octanol–water partition coefficient (Wildman–Crippen LogP) is 2.79. The van der Waals surface area contributed by atoms with Crippen LogP contribution in [0.1, 0.15) is 37.3 Å². The standard InChI is InChI=1S/C20H27N7O/c1-4-27-17(14-25(2)3)22-23-19(27)16-10-12-26(13-11-16)20-21-18(24-28-20)15-8-6-5-7-9-15/h5-9,16H,4,10-14H2,1-3H3. The molecule has 1 aliphatic heterocycles. The molecule has 0 N–H and O–H groups in total. The molecule has 3 heterocycles. The van der Waals surface area contributed by atoms with E-state index in [-0.39, 0.29) is 0 Å². The Kier molecular flexibility index (Phi) is 5.38. The van der Waals surface area contributed by atoms with Crippen molar-refractivity contribution in [3.05, 3.63) is 42.0 Å². The largest absolute Gasteiger partial charge is 0.324 e. The Morgan fingerprint density at radius 2 is 1.86 bits per heavy atom. The van der Waals surface area contributed by atoms with Crippen LogP contribution in [0.5, 0.6) is 0 Å². The first-order valence-electron chi connectivity index (χ1n) is 9.86. The normalized spacial score (nSPS) is 15.5. The molecule has 0 aliphatic carbocycles. The van der Waals surface area contributed by atoms with Crippen molar-refractivity contribution in [1.29, 1.82) is 0 Å². The van der Waals surface area contributed by atoms with Crippen LogP contribution in [0.2, 0.25) is 0 Å². The highest BCUT2D eigenvalue weighted by Gasteiger charge is 2.28. The van der Waals surface area contributed by atoms with Gasteiger partial charge in [0.1, 0.15) is 11.6 Å². The second-order valence-corrected chi connectivity index (χ2v) is 7.48. The molecule has 8 heteroatoms. The van der Waals surface area contributed by atoms with Gasteiger partial charge < -0.3 is 18.9 Å². The van der Waals surface area contributed by atoms with Crippen molar-refractivity contribution in [2.24, 2.45) is 0 Å². The van der Waals surface area contributed by atoms with Crippen LogP contribution in [0.25, 0.3) is 11.4 Å². The van der Waals surface area contributed by atoms with Crippen molar-refractivity contribution >= 4 is 6.01 Å². The number of nitrogens with zero attached hydrogens (tertiary/aromatic N) is 7. The van der Waals surface area contributed by atoms with Crippen molar-refractivity contribution in [2.45, 2.75) is 38.8 Å². The summed E-state index contributed by atoms with van der Waals surface area (Å²) in [6, 6.07) is 10.5. The molecule has 1 aromatic carbocycles. The Labute approximate surface area is 165 Å². The third kappa shape index (κ3) is 3.77. The molecule has 148 valence electrons. The third-order valence-electron chi connectivity index (χ3n) is 5.21. The maximum absolute atomic E-state index is 5.52. The van der Waals surface area contributed by atoms with E-state index >= 15 is 0 Å². The van der Waals surface area contributed by atoms with E-state index in [2.05, 4.69) is 55.7 Å². The number of benzene rings is 1. The summed E-state index contributed by atoms with van der Waals surface area (Å²) in [6.45, 7) is 5.62. The quantitative estimate of drug-likeness (QED) is 0.650. The minimum Gasteiger partial charge on any atom is -0.324 e. The number of anilines is 1. The number of rotatable bonds is 6. The van der Waals surface area contributed by atoms with Crippen LogP contribution in [0.3, 0.4) is 0 Å². The Bertz CT molecular complexity index is 894. The smallest absolute Gasteiger partial charge is 0.324 e. The zero-order valence-electron chi connectivity index (χ0n) is 16.7. The number of hydrogen-bond donors (Lipinski definition) is 0.